The quantitative estimate of drug-likeness (QED) is 0.764. The van der Waals surface area contributed by atoms with E-state index in [4.69, 9.17) is 9.84 Å². The van der Waals surface area contributed by atoms with Gasteiger partial charge in [-0.2, -0.15) is 0 Å². The van der Waals surface area contributed by atoms with E-state index >= 15 is 0 Å². The molecule has 3 heteroatoms. The van der Waals surface area contributed by atoms with Crippen LogP contribution in [-0.4, -0.2) is 23.4 Å². The summed E-state index contributed by atoms with van der Waals surface area (Å²) >= 11 is 0. The molecule has 0 saturated heterocycles. The summed E-state index contributed by atoms with van der Waals surface area (Å²) in [6.07, 6.45) is 3.24. The number of benzene rings is 1. The Balaban J connectivity index is 2.08. The van der Waals surface area contributed by atoms with E-state index in [1.54, 1.807) is 0 Å². The second kappa shape index (κ2) is 5.32. The molecule has 3 nitrogen and oxygen atoms in total. The average Bonchev–Trinajstić information content (AvgIpc) is 2.30. The fraction of sp³-hybridized carbons (Fsp3) is 0.538. The van der Waals surface area contributed by atoms with E-state index in [0.717, 1.165) is 30.6 Å². The molecule has 2 N–H and O–H groups in total. The first-order valence-corrected chi connectivity index (χ1v) is 5.86. The van der Waals surface area contributed by atoms with Gasteiger partial charge in [-0.25, -0.2) is 0 Å². The van der Waals surface area contributed by atoms with Gasteiger partial charge >= 0.3 is 0 Å². The molecule has 0 fully saturated rings. The molecular weight excluding hydrogens is 204 g/mol. The Morgan fingerprint density at radius 3 is 3.06 bits per heavy atom. The molecule has 0 heterocycles. The number of ether oxygens (including phenoxy) is 1. The number of hydrogen-bond acceptors (Lipinski definition) is 3. The first-order chi connectivity index (χ1) is 7.81. The SMILES string of the molecule is OCCCOc1ccc2c(c1)C(O)CCC2. The lowest BCUT2D eigenvalue weighted by Gasteiger charge is -2.21. The van der Waals surface area contributed by atoms with Crippen molar-refractivity contribution in [2.24, 2.45) is 0 Å². The zero-order chi connectivity index (χ0) is 11.4. The number of rotatable bonds is 4. The third kappa shape index (κ3) is 2.54. The van der Waals surface area contributed by atoms with Crippen LogP contribution in [0.4, 0.5) is 0 Å². The fourth-order valence-electron chi connectivity index (χ4n) is 2.10. The minimum Gasteiger partial charge on any atom is -0.493 e. The second-order valence-electron chi connectivity index (χ2n) is 4.19. The zero-order valence-electron chi connectivity index (χ0n) is 9.35. The highest BCUT2D eigenvalue weighted by atomic mass is 16.5. The van der Waals surface area contributed by atoms with Gasteiger partial charge in [0.15, 0.2) is 0 Å². The van der Waals surface area contributed by atoms with Crippen LogP contribution in [0.1, 0.15) is 36.5 Å². The van der Waals surface area contributed by atoms with Gasteiger partial charge in [0.05, 0.1) is 12.7 Å². The molecule has 0 aromatic heterocycles. The molecule has 1 unspecified atom stereocenters. The van der Waals surface area contributed by atoms with Crippen LogP contribution in [0.25, 0.3) is 0 Å². The zero-order valence-corrected chi connectivity index (χ0v) is 9.35. The van der Waals surface area contributed by atoms with Gasteiger partial charge in [-0.1, -0.05) is 6.07 Å². The van der Waals surface area contributed by atoms with Crippen LogP contribution in [0.15, 0.2) is 18.2 Å². The van der Waals surface area contributed by atoms with E-state index in [-0.39, 0.29) is 12.7 Å². The van der Waals surface area contributed by atoms with E-state index in [9.17, 15) is 5.11 Å². The van der Waals surface area contributed by atoms with Crippen molar-refractivity contribution in [3.63, 3.8) is 0 Å². The van der Waals surface area contributed by atoms with Crippen molar-refractivity contribution in [1.29, 1.82) is 0 Å². The van der Waals surface area contributed by atoms with Crippen LogP contribution >= 0.6 is 0 Å². The summed E-state index contributed by atoms with van der Waals surface area (Å²) in [5.74, 6) is 0.785. The van der Waals surface area contributed by atoms with E-state index in [1.165, 1.54) is 5.56 Å². The van der Waals surface area contributed by atoms with Crippen molar-refractivity contribution in [1.82, 2.24) is 0 Å². The van der Waals surface area contributed by atoms with Crippen LogP contribution in [-0.2, 0) is 6.42 Å². The van der Waals surface area contributed by atoms with Crippen molar-refractivity contribution >= 4 is 0 Å². The van der Waals surface area contributed by atoms with E-state index in [1.807, 2.05) is 18.2 Å². The van der Waals surface area contributed by atoms with Crippen molar-refractivity contribution in [2.75, 3.05) is 13.2 Å². The van der Waals surface area contributed by atoms with Crippen molar-refractivity contribution in [2.45, 2.75) is 31.8 Å². The topological polar surface area (TPSA) is 49.7 Å². The summed E-state index contributed by atoms with van der Waals surface area (Å²) in [5.41, 5.74) is 2.24. The van der Waals surface area contributed by atoms with Gasteiger partial charge in [0, 0.05) is 13.0 Å². The van der Waals surface area contributed by atoms with Gasteiger partial charge in [0.25, 0.3) is 0 Å². The maximum absolute atomic E-state index is 9.86. The number of aryl methyl sites for hydroxylation is 1. The number of aliphatic hydroxyl groups excluding tert-OH is 2. The van der Waals surface area contributed by atoms with E-state index in [0.29, 0.717) is 13.0 Å². The molecule has 1 aliphatic rings. The fourth-order valence-corrected chi connectivity index (χ4v) is 2.10. The third-order valence-electron chi connectivity index (χ3n) is 2.97. The first-order valence-electron chi connectivity index (χ1n) is 5.86. The molecule has 88 valence electrons. The number of hydrogen-bond donors (Lipinski definition) is 2. The molecule has 0 saturated carbocycles. The summed E-state index contributed by atoms with van der Waals surface area (Å²) in [6, 6.07) is 5.90. The summed E-state index contributed by atoms with van der Waals surface area (Å²) in [5, 5.41) is 18.5. The van der Waals surface area contributed by atoms with Gasteiger partial charge in [0.2, 0.25) is 0 Å². The smallest absolute Gasteiger partial charge is 0.119 e. The highest BCUT2D eigenvalue weighted by molar-refractivity contribution is 5.38. The minimum absolute atomic E-state index is 0.146. The minimum atomic E-state index is -0.342. The molecule has 0 spiro atoms. The Kier molecular flexibility index (Phi) is 3.80. The van der Waals surface area contributed by atoms with Gasteiger partial charge in [-0.15, -0.1) is 0 Å². The van der Waals surface area contributed by atoms with Gasteiger partial charge < -0.3 is 14.9 Å². The molecular formula is C13H18O3. The summed E-state index contributed by atoms with van der Waals surface area (Å²) in [6.45, 7) is 0.666. The van der Waals surface area contributed by atoms with Crippen LogP contribution in [0.5, 0.6) is 5.75 Å². The second-order valence-corrected chi connectivity index (χ2v) is 4.19. The Hall–Kier alpha value is -1.06. The molecule has 1 atom stereocenters. The molecule has 0 amide bonds. The molecule has 0 aliphatic heterocycles. The lowest BCUT2D eigenvalue weighted by molar-refractivity contribution is 0.156. The Labute approximate surface area is 95.7 Å². The summed E-state index contributed by atoms with van der Waals surface area (Å²) in [4.78, 5) is 0. The largest absolute Gasteiger partial charge is 0.493 e. The monoisotopic (exact) mass is 222 g/mol. The predicted octanol–water partition coefficient (Wildman–Crippen LogP) is 1.82. The van der Waals surface area contributed by atoms with Crippen molar-refractivity contribution in [3.05, 3.63) is 29.3 Å². The molecule has 0 radical (unpaired) electrons. The van der Waals surface area contributed by atoms with Gasteiger partial charge in [-0.3, -0.25) is 0 Å². The molecule has 2 rings (SSSR count). The van der Waals surface area contributed by atoms with E-state index in [2.05, 4.69) is 0 Å². The van der Waals surface area contributed by atoms with Crippen LogP contribution in [0, 0.1) is 0 Å². The molecule has 1 aromatic rings. The maximum atomic E-state index is 9.86. The third-order valence-corrected chi connectivity index (χ3v) is 2.97. The van der Waals surface area contributed by atoms with Gasteiger partial charge in [0.1, 0.15) is 5.75 Å². The van der Waals surface area contributed by atoms with Crippen LogP contribution < -0.4 is 4.74 Å². The molecule has 16 heavy (non-hydrogen) atoms. The molecule has 1 aliphatic carbocycles. The Morgan fingerprint density at radius 1 is 1.38 bits per heavy atom. The maximum Gasteiger partial charge on any atom is 0.119 e. The molecule has 0 bridgehead atoms. The molecule has 1 aromatic carbocycles. The standard InChI is InChI=1S/C13H18O3/c14-7-2-8-16-11-6-5-10-3-1-4-13(15)12(10)9-11/h5-6,9,13-15H,1-4,7-8H2. The Morgan fingerprint density at radius 2 is 2.25 bits per heavy atom. The van der Waals surface area contributed by atoms with Gasteiger partial charge in [-0.05, 0) is 42.5 Å². The number of fused-ring (bicyclic) bond motifs is 1. The van der Waals surface area contributed by atoms with E-state index < -0.39 is 0 Å². The lowest BCUT2D eigenvalue weighted by Crippen LogP contribution is -2.09. The lowest BCUT2D eigenvalue weighted by atomic mass is 9.89. The Bertz CT molecular complexity index is 349. The summed E-state index contributed by atoms with van der Waals surface area (Å²) in [7, 11) is 0. The van der Waals surface area contributed by atoms with Crippen LogP contribution in [0.2, 0.25) is 0 Å². The summed E-state index contributed by atoms with van der Waals surface area (Å²) < 4.78 is 5.49. The first kappa shape index (κ1) is 11.4. The van der Waals surface area contributed by atoms with Crippen LogP contribution in [0.3, 0.4) is 0 Å². The highest BCUT2D eigenvalue weighted by Crippen LogP contribution is 2.32. The number of aliphatic hydroxyl groups is 2. The predicted molar refractivity (Wildman–Crippen MR) is 61.5 cm³/mol. The average molecular weight is 222 g/mol. The van der Waals surface area contributed by atoms with Crippen molar-refractivity contribution < 1.29 is 14.9 Å². The normalized spacial score (nSPS) is 19.2. The van der Waals surface area contributed by atoms with Crippen molar-refractivity contribution in [3.8, 4) is 5.75 Å². The highest BCUT2D eigenvalue weighted by Gasteiger charge is 2.18.